The molecule has 7 heteroatoms. The molecular weight excluding hydrogens is 318 g/mol. The summed E-state index contributed by atoms with van der Waals surface area (Å²) in [5, 5.41) is 8.78. The maximum atomic E-state index is 6.18. The van der Waals surface area contributed by atoms with E-state index in [2.05, 4.69) is 20.1 Å². The smallest absolute Gasteiger partial charge is 0.160 e. The van der Waals surface area contributed by atoms with Gasteiger partial charge >= 0.3 is 0 Å². The molecule has 0 N–H and O–H groups in total. The third-order valence-corrected chi connectivity index (χ3v) is 5.51. The molecule has 7 nitrogen and oxygen atoms in total. The lowest BCUT2D eigenvalue weighted by Gasteiger charge is -2.48. The van der Waals surface area contributed by atoms with Gasteiger partial charge in [-0.3, -0.25) is 0 Å². The highest BCUT2D eigenvalue weighted by Gasteiger charge is 2.44. The summed E-state index contributed by atoms with van der Waals surface area (Å²) in [4.78, 5) is 6.60. The van der Waals surface area contributed by atoms with Crippen molar-refractivity contribution in [2.75, 3.05) is 31.7 Å². The van der Waals surface area contributed by atoms with Gasteiger partial charge in [0.2, 0.25) is 0 Å². The van der Waals surface area contributed by atoms with Crippen molar-refractivity contribution >= 4 is 5.82 Å². The number of anilines is 1. The number of ether oxygens (including phenoxy) is 2. The highest BCUT2D eigenvalue weighted by molar-refractivity contribution is 5.52. The monoisotopic (exact) mass is 343 g/mol. The SMILES string of the molecule is CO[C@H]1CCCOC12CCN(c1ccc(-c3nccn3C)nn1)CC2. The molecule has 25 heavy (non-hydrogen) atoms. The van der Waals surface area contributed by atoms with E-state index in [4.69, 9.17) is 9.47 Å². The van der Waals surface area contributed by atoms with Crippen molar-refractivity contribution in [3.05, 3.63) is 24.5 Å². The van der Waals surface area contributed by atoms with Gasteiger partial charge in [-0.25, -0.2) is 4.98 Å². The molecule has 2 saturated heterocycles. The molecule has 2 aliphatic rings. The van der Waals surface area contributed by atoms with E-state index in [9.17, 15) is 0 Å². The number of aryl methyl sites for hydroxylation is 1. The maximum absolute atomic E-state index is 6.18. The number of piperidine rings is 1. The minimum absolute atomic E-state index is 0.121. The van der Waals surface area contributed by atoms with Crippen molar-refractivity contribution in [2.24, 2.45) is 7.05 Å². The van der Waals surface area contributed by atoms with E-state index in [-0.39, 0.29) is 11.7 Å². The Kier molecular flexibility index (Phi) is 4.43. The minimum atomic E-state index is -0.121. The van der Waals surface area contributed by atoms with Gasteiger partial charge in [-0.2, -0.15) is 0 Å². The minimum Gasteiger partial charge on any atom is -0.378 e. The zero-order valence-corrected chi connectivity index (χ0v) is 14.9. The summed E-state index contributed by atoms with van der Waals surface area (Å²) in [7, 11) is 3.76. The van der Waals surface area contributed by atoms with Crippen molar-refractivity contribution in [3.63, 3.8) is 0 Å². The Morgan fingerprint density at radius 2 is 2.08 bits per heavy atom. The molecule has 1 spiro atoms. The fraction of sp³-hybridized carbons (Fsp3) is 0.611. The molecule has 4 heterocycles. The molecule has 4 rings (SSSR count). The summed E-state index contributed by atoms with van der Waals surface area (Å²) < 4.78 is 13.8. The standard InChI is InChI=1S/C18H25N5O2/c1-22-12-9-19-17(22)14-5-6-16(21-20-14)23-10-7-18(8-11-23)15(24-2)4-3-13-25-18/h5-6,9,12,15H,3-4,7-8,10-11,13H2,1-2H3/t15-/m0/s1. The molecule has 0 unspecified atom stereocenters. The Bertz CT molecular complexity index is 707. The second-order valence-electron chi connectivity index (χ2n) is 6.91. The van der Waals surface area contributed by atoms with Crippen LogP contribution in [-0.4, -0.2) is 58.3 Å². The topological polar surface area (TPSA) is 65.3 Å². The lowest BCUT2D eigenvalue weighted by atomic mass is 9.82. The number of nitrogens with zero attached hydrogens (tertiary/aromatic N) is 5. The van der Waals surface area contributed by atoms with E-state index < -0.39 is 0 Å². The van der Waals surface area contributed by atoms with Crippen molar-refractivity contribution in [3.8, 4) is 11.5 Å². The molecule has 0 aliphatic carbocycles. The largest absolute Gasteiger partial charge is 0.378 e. The molecule has 0 radical (unpaired) electrons. The van der Waals surface area contributed by atoms with E-state index in [1.807, 2.05) is 29.9 Å². The summed E-state index contributed by atoms with van der Waals surface area (Å²) in [6, 6.07) is 4.02. The van der Waals surface area contributed by atoms with Gasteiger partial charge in [-0.1, -0.05) is 0 Å². The molecule has 0 saturated carbocycles. The Morgan fingerprint density at radius 3 is 2.72 bits per heavy atom. The van der Waals surface area contributed by atoms with Crippen molar-refractivity contribution in [2.45, 2.75) is 37.4 Å². The first-order valence-corrected chi connectivity index (χ1v) is 8.95. The van der Waals surface area contributed by atoms with Gasteiger partial charge in [-0.05, 0) is 37.8 Å². The van der Waals surface area contributed by atoms with Crippen LogP contribution in [0.25, 0.3) is 11.5 Å². The Morgan fingerprint density at radius 1 is 1.24 bits per heavy atom. The molecule has 2 aromatic heterocycles. The Balaban J connectivity index is 1.45. The first-order chi connectivity index (χ1) is 12.2. The predicted molar refractivity (Wildman–Crippen MR) is 94.4 cm³/mol. The average Bonchev–Trinajstić information content (AvgIpc) is 3.09. The number of methoxy groups -OCH3 is 1. The molecule has 2 aromatic rings. The van der Waals surface area contributed by atoms with Crippen LogP contribution in [0.5, 0.6) is 0 Å². The van der Waals surface area contributed by atoms with Crippen LogP contribution in [0, 0.1) is 0 Å². The van der Waals surface area contributed by atoms with Crippen LogP contribution in [0.2, 0.25) is 0 Å². The third kappa shape index (κ3) is 3.02. The van der Waals surface area contributed by atoms with Gasteiger partial charge in [0.25, 0.3) is 0 Å². The van der Waals surface area contributed by atoms with Gasteiger partial charge in [0, 0.05) is 46.2 Å². The van der Waals surface area contributed by atoms with E-state index in [0.717, 1.165) is 62.7 Å². The third-order valence-electron chi connectivity index (χ3n) is 5.51. The molecule has 0 aromatic carbocycles. The van der Waals surface area contributed by atoms with Gasteiger partial charge in [0.1, 0.15) is 5.69 Å². The summed E-state index contributed by atoms with van der Waals surface area (Å²) in [6.07, 6.45) is 8.00. The second kappa shape index (κ2) is 6.72. The van der Waals surface area contributed by atoms with Gasteiger partial charge in [-0.15, -0.1) is 10.2 Å². The van der Waals surface area contributed by atoms with Crippen LogP contribution in [0.1, 0.15) is 25.7 Å². The van der Waals surface area contributed by atoms with Gasteiger partial charge < -0.3 is 18.9 Å². The lowest BCUT2D eigenvalue weighted by molar-refractivity contribution is -0.175. The van der Waals surface area contributed by atoms with Crippen LogP contribution in [0.15, 0.2) is 24.5 Å². The predicted octanol–water partition coefficient (Wildman–Crippen LogP) is 2.04. The number of hydrogen-bond donors (Lipinski definition) is 0. The molecule has 2 aliphatic heterocycles. The molecule has 1 atom stereocenters. The highest BCUT2D eigenvalue weighted by Crippen LogP contribution is 2.37. The van der Waals surface area contributed by atoms with E-state index in [1.54, 1.807) is 13.3 Å². The molecule has 134 valence electrons. The van der Waals surface area contributed by atoms with Gasteiger partial charge in [0.05, 0.1) is 11.7 Å². The number of hydrogen-bond acceptors (Lipinski definition) is 6. The van der Waals surface area contributed by atoms with Crippen molar-refractivity contribution < 1.29 is 9.47 Å². The first-order valence-electron chi connectivity index (χ1n) is 8.95. The van der Waals surface area contributed by atoms with E-state index in [1.165, 1.54) is 0 Å². The molecular formula is C18H25N5O2. The number of rotatable bonds is 3. The highest BCUT2D eigenvalue weighted by atomic mass is 16.5. The van der Waals surface area contributed by atoms with Crippen LogP contribution in [0.3, 0.4) is 0 Å². The molecule has 0 amide bonds. The first kappa shape index (κ1) is 16.5. The average molecular weight is 343 g/mol. The molecule has 0 bridgehead atoms. The van der Waals surface area contributed by atoms with Crippen LogP contribution < -0.4 is 4.90 Å². The molecule has 2 fully saturated rings. The van der Waals surface area contributed by atoms with Gasteiger partial charge in [0.15, 0.2) is 11.6 Å². The normalized spacial score (nSPS) is 23.1. The summed E-state index contributed by atoms with van der Waals surface area (Å²) in [6.45, 7) is 2.67. The summed E-state index contributed by atoms with van der Waals surface area (Å²) in [5.41, 5.74) is 0.670. The van der Waals surface area contributed by atoms with Crippen LogP contribution in [0.4, 0.5) is 5.82 Å². The van der Waals surface area contributed by atoms with Crippen molar-refractivity contribution in [1.29, 1.82) is 0 Å². The van der Waals surface area contributed by atoms with Crippen LogP contribution in [-0.2, 0) is 16.5 Å². The summed E-state index contributed by atoms with van der Waals surface area (Å²) in [5.74, 6) is 1.74. The fourth-order valence-electron chi connectivity index (χ4n) is 4.04. The quantitative estimate of drug-likeness (QED) is 0.850. The Labute approximate surface area is 148 Å². The number of imidazole rings is 1. The fourth-order valence-corrected chi connectivity index (χ4v) is 4.04. The maximum Gasteiger partial charge on any atom is 0.160 e. The second-order valence-corrected chi connectivity index (χ2v) is 6.91. The Hall–Kier alpha value is -1.99. The number of aromatic nitrogens is 4. The van der Waals surface area contributed by atoms with Crippen LogP contribution >= 0.6 is 0 Å². The van der Waals surface area contributed by atoms with E-state index in [0.29, 0.717) is 0 Å². The van der Waals surface area contributed by atoms with Crippen molar-refractivity contribution in [1.82, 2.24) is 19.7 Å². The summed E-state index contributed by atoms with van der Waals surface area (Å²) >= 11 is 0. The zero-order chi connectivity index (χ0) is 17.3. The lowest BCUT2D eigenvalue weighted by Crippen LogP contribution is -2.56. The zero-order valence-electron chi connectivity index (χ0n) is 14.9. The van der Waals surface area contributed by atoms with E-state index >= 15 is 0 Å².